The van der Waals surface area contributed by atoms with Crippen LogP contribution < -0.4 is 5.32 Å². The molecule has 0 amide bonds. The quantitative estimate of drug-likeness (QED) is 0.842. The predicted octanol–water partition coefficient (Wildman–Crippen LogP) is 2.32. The third-order valence-corrected chi connectivity index (χ3v) is 3.06. The summed E-state index contributed by atoms with van der Waals surface area (Å²) >= 11 is 0. The molecule has 1 aliphatic rings. The smallest absolute Gasteiger partial charge is 0.323 e. The van der Waals surface area contributed by atoms with Crippen LogP contribution in [0.1, 0.15) is 31.4 Å². The fourth-order valence-corrected chi connectivity index (χ4v) is 2.16. The van der Waals surface area contributed by atoms with Crippen molar-refractivity contribution in [3.8, 4) is 0 Å². The summed E-state index contributed by atoms with van der Waals surface area (Å²) in [6.45, 7) is 2.09. The van der Waals surface area contributed by atoms with Crippen LogP contribution in [0.3, 0.4) is 0 Å². The topological polar surface area (TPSA) is 38.3 Å². The number of benzene rings is 1. The lowest BCUT2D eigenvalue weighted by Crippen LogP contribution is -2.33. The second-order valence-electron chi connectivity index (χ2n) is 4.27. The number of nitrogens with one attached hydrogen (secondary N) is 1. The van der Waals surface area contributed by atoms with Crippen molar-refractivity contribution in [2.45, 2.75) is 31.8 Å². The number of carbonyl (C=O) groups is 1. The number of ether oxygens (including phenoxy) is 1. The zero-order valence-corrected chi connectivity index (χ0v) is 10.1. The van der Waals surface area contributed by atoms with Crippen molar-refractivity contribution in [2.75, 3.05) is 6.61 Å². The molecule has 0 spiro atoms. The summed E-state index contributed by atoms with van der Waals surface area (Å²) in [5.41, 5.74) is 0.653. The number of hydrogen-bond acceptors (Lipinski definition) is 3. The Morgan fingerprint density at radius 2 is 2.17 bits per heavy atom. The highest BCUT2D eigenvalue weighted by atomic mass is 19.2. The van der Waals surface area contributed by atoms with E-state index >= 15 is 0 Å². The van der Waals surface area contributed by atoms with Gasteiger partial charge in [0.15, 0.2) is 11.6 Å². The van der Waals surface area contributed by atoms with E-state index in [2.05, 4.69) is 5.32 Å². The molecule has 1 aromatic rings. The maximum atomic E-state index is 13.1. The molecule has 2 rings (SSSR count). The van der Waals surface area contributed by atoms with Gasteiger partial charge >= 0.3 is 5.97 Å². The molecule has 18 heavy (non-hydrogen) atoms. The summed E-state index contributed by atoms with van der Waals surface area (Å²) in [7, 11) is 0. The van der Waals surface area contributed by atoms with E-state index in [1.54, 1.807) is 6.92 Å². The van der Waals surface area contributed by atoms with Gasteiger partial charge in [-0.2, -0.15) is 0 Å². The molecule has 98 valence electrons. The molecule has 1 saturated heterocycles. The van der Waals surface area contributed by atoms with Crippen LogP contribution in [0.4, 0.5) is 8.78 Å². The van der Waals surface area contributed by atoms with Crippen LogP contribution in [0, 0.1) is 11.6 Å². The lowest BCUT2D eigenvalue weighted by atomic mass is 10.1. The summed E-state index contributed by atoms with van der Waals surface area (Å²) in [6, 6.07) is 3.31. The normalized spacial score (nSPS) is 23.1. The molecule has 3 nitrogen and oxygen atoms in total. The number of hydrogen-bond donors (Lipinski definition) is 1. The molecular weight excluding hydrogens is 240 g/mol. The average Bonchev–Trinajstić information content (AvgIpc) is 2.82. The van der Waals surface area contributed by atoms with E-state index < -0.39 is 11.6 Å². The van der Waals surface area contributed by atoms with Gasteiger partial charge in [-0.15, -0.1) is 0 Å². The van der Waals surface area contributed by atoms with Crippen LogP contribution in [-0.4, -0.2) is 18.6 Å². The minimum atomic E-state index is -0.867. The van der Waals surface area contributed by atoms with E-state index in [9.17, 15) is 13.6 Å². The largest absolute Gasteiger partial charge is 0.465 e. The highest BCUT2D eigenvalue weighted by Crippen LogP contribution is 2.27. The summed E-state index contributed by atoms with van der Waals surface area (Å²) in [4.78, 5) is 11.5. The number of rotatable bonds is 3. The average molecular weight is 255 g/mol. The Balaban J connectivity index is 2.04. The standard InChI is InChI=1S/C13H15F2NO2/c1-2-18-13(17)12-6-5-11(16-12)8-3-4-9(14)10(15)7-8/h3-4,7,11-12,16H,2,5-6H2,1H3/t11-,12?/m0/s1. The highest BCUT2D eigenvalue weighted by Gasteiger charge is 2.31. The van der Waals surface area contributed by atoms with E-state index in [0.29, 0.717) is 25.0 Å². The van der Waals surface area contributed by atoms with E-state index in [-0.39, 0.29) is 18.1 Å². The molecule has 1 aliphatic heterocycles. The van der Waals surface area contributed by atoms with Crippen molar-refractivity contribution in [3.05, 3.63) is 35.4 Å². The maximum Gasteiger partial charge on any atom is 0.323 e. The maximum absolute atomic E-state index is 13.1. The van der Waals surface area contributed by atoms with Crippen molar-refractivity contribution < 1.29 is 18.3 Å². The van der Waals surface area contributed by atoms with Crippen LogP contribution in [-0.2, 0) is 9.53 Å². The second-order valence-corrected chi connectivity index (χ2v) is 4.27. The van der Waals surface area contributed by atoms with Crippen LogP contribution >= 0.6 is 0 Å². The molecule has 0 bridgehead atoms. The fourth-order valence-electron chi connectivity index (χ4n) is 2.16. The first-order valence-corrected chi connectivity index (χ1v) is 5.99. The van der Waals surface area contributed by atoms with E-state index in [1.165, 1.54) is 12.1 Å². The Labute approximate surface area is 104 Å². The molecule has 0 radical (unpaired) electrons. The molecule has 1 N–H and O–H groups in total. The second kappa shape index (κ2) is 5.44. The first-order chi connectivity index (χ1) is 8.61. The molecular formula is C13H15F2NO2. The van der Waals surface area contributed by atoms with Crippen LogP contribution in [0.5, 0.6) is 0 Å². The van der Waals surface area contributed by atoms with Crippen molar-refractivity contribution in [2.24, 2.45) is 0 Å². The van der Waals surface area contributed by atoms with Gasteiger partial charge in [0.2, 0.25) is 0 Å². The van der Waals surface area contributed by atoms with E-state index in [4.69, 9.17) is 4.74 Å². The highest BCUT2D eigenvalue weighted by molar-refractivity contribution is 5.76. The van der Waals surface area contributed by atoms with Gasteiger partial charge in [-0.3, -0.25) is 10.1 Å². The predicted molar refractivity (Wildman–Crippen MR) is 61.9 cm³/mol. The fraction of sp³-hybridized carbons (Fsp3) is 0.462. The molecule has 0 aromatic heterocycles. The minimum Gasteiger partial charge on any atom is -0.465 e. The van der Waals surface area contributed by atoms with E-state index in [1.807, 2.05) is 0 Å². The van der Waals surface area contributed by atoms with Gasteiger partial charge in [0.25, 0.3) is 0 Å². The van der Waals surface area contributed by atoms with Crippen LogP contribution in [0.15, 0.2) is 18.2 Å². The van der Waals surface area contributed by atoms with Crippen molar-refractivity contribution in [1.29, 1.82) is 0 Å². The molecule has 1 unspecified atom stereocenters. The Kier molecular flexibility index (Phi) is 3.91. The Morgan fingerprint density at radius 3 is 2.83 bits per heavy atom. The van der Waals surface area contributed by atoms with Gasteiger partial charge in [0.1, 0.15) is 6.04 Å². The third kappa shape index (κ3) is 2.67. The monoisotopic (exact) mass is 255 g/mol. The molecule has 0 saturated carbocycles. The molecule has 1 aromatic carbocycles. The van der Waals surface area contributed by atoms with Crippen LogP contribution in [0.25, 0.3) is 0 Å². The Morgan fingerprint density at radius 1 is 1.39 bits per heavy atom. The van der Waals surface area contributed by atoms with Crippen LogP contribution in [0.2, 0.25) is 0 Å². The SMILES string of the molecule is CCOC(=O)C1CC[C@@H](c2ccc(F)c(F)c2)N1. The number of carbonyl (C=O) groups excluding carboxylic acids is 1. The lowest BCUT2D eigenvalue weighted by Gasteiger charge is -2.14. The van der Waals surface area contributed by atoms with Gasteiger partial charge in [-0.25, -0.2) is 8.78 Å². The molecule has 5 heteroatoms. The van der Waals surface area contributed by atoms with Gasteiger partial charge in [0.05, 0.1) is 6.61 Å². The van der Waals surface area contributed by atoms with Gasteiger partial charge < -0.3 is 4.74 Å². The molecule has 2 atom stereocenters. The summed E-state index contributed by atoms with van der Waals surface area (Å²) in [6.07, 6.45) is 1.34. The first-order valence-electron chi connectivity index (χ1n) is 5.99. The van der Waals surface area contributed by atoms with Gasteiger partial charge in [0, 0.05) is 6.04 Å². The molecule has 1 fully saturated rings. The van der Waals surface area contributed by atoms with Crippen molar-refractivity contribution in [1.82, 2.24) is 5.32 Å². The van der Waals surface area contributed by atoms with Crippen molar-refractivity contribution >= 4 is 5.97 Å². The first kappa shape index (κ1) is 13.0. The Bertz CT molecular complexity index is 451. The zero-order valence-electron chi connectivity index (χ0n) is 10.1. The summed E-state index contributed by atoms with van der Waals surface area (Å²) < 4.78 is 30.9. The summed E-state index contributed by atoms with van der Waals surface area (Å²) in [5, 5.41) is 3.07. The zero-order chi connectivity index (χ0) is 13.1. The number of halogens is 2. The Hall–Kier alpha value is -1.49. The van der Waals surface area contributed by atoms with E-state index in [0.717, 1.165) is 6.07 Å². The molecule has 1 heterocycles. The lowest BCUT2D eigenvalue weighted by molar-refractivity contribution is -0.145. The third-order valence-electron chi connectivity index (χ3n) is 3.06. The van der Waals surface area contributed by atoms with Crippen molar-refractivity contribution in [3.63, 3.8) is 0 Å². The number of esters is 1. The molecule has 0 aliphatic carbocycles. The van der Waals surface area contributed by atoms with Gasteiger partial charge in [-0.05, 0) is 37.5 Å². The van der Waals surface area contributed by atoms with Gasteiger partial charge in [-0.1, -0.05) is 6.07 Å². The minimum absolute atomic E-state index is 0.130. The summed E-state index contributed by atoms with van der Waals surface area (Å²) in [5.74, 6) is -2.02.